The predicted octanol–water partition coefficient (Wildman–Crippen LogP) is 2.06. The lowest BCUT2D eigenvalue weighted by Gasteiger charge is -2.26. The van der Waals surface area contributed by atoms with E-state index in [0.717, 1.165) is 31.5 Å². The largest absolute Gasteiger partial charge is 0.338 e. The average molecular weight is 354 g/mol. The second-order valence-corrected chi connectivity index (χ2v) is 6.12. The van der Waals surface area contributed by atoms with Gasteiger partial charge in [-0.2, -0.15) is 0 Å². The van der Waals surface area contributed by atoms with Crippen molar-refractivity contribution in [2.45, 2.75) is 38.8 Å². The van der Waals surface area contributed by atoms with Crippen molar-refractivity contribution in [3.63, 3.8) is 0 Å². The first-order valence-electron chi connectivity index (χ1n) is 8.35. The van der Waals surface area contributed by atoms with Crippen LogP contribution in [0.5, 0.6) is 0 Å². The van der Waals surface area contributed by atoms with E-state index in [9.17, 15) is 9.59 Å². The summed E-state index contributed by atoms with van der Waals surface area (Å²) in [4.78, 5) is 28.0. The van der Waals surface area contributed by atoms with Crippen molar-refractivity contribution < 1.29 is 9.59 Å². The Bertz CT molecular complexity index is 524. The number of halogens is 1. The van der Waals surface area contributed by atoms with E-state index < -0.39 is 0 Å². The zero-order valence-corrected chi connectivity index (χ0v) is 15.3. The fourth-order valence-electron chi connectivity index (χ4n) is 3.14. The number of amides is 2. The molecule has 0 radical (unpaired) electrons. The van der Waals surface area contributed by atoms with Gasteiger partial charge >= 0.3 is 0 Å². The number of carbonyl (C=O) groups is 2. The second kappa shape index (κ2) is 10.3. The summed E-state index contributed by atoms with van der Waals surface area (Å²) < 4.78 is 0. The molecule has 1 saturated heterocycles. The van der Waals surface area contributed by atoms with E-state index in [4.69, 9.17) is 0 Å². The highest BCUT2D eigenvalue weighted by molar-refractivity contribution is 5.85. The van der Waals surface area contributed by atoms with Crippen LogP contribution in [0.2, 0.25) is 0 Å². The van der Waals surface area contributed by atoms with Gasteiger partial charge in [-0.1, -0.05) is 30.3 Å². The molecule has 1 unspecified atom stereocenters. The smallest absolute Gasteiger partial charge is 0.224 e. The van der Waals surface area contributed by atoms with Crippen molar-refractivity contribution in [2.24, 2.45) is 0 Å². The lowest BCUT2D eigenvalue weighted by molar-refractivity contribution is -0.134. The third-order valence-corrected chi connectivity index (χ3v) is 4.39. The molecular formula is C18H28ClN3O2. The molecule has 1 heterocycles. The molecule has 0 bridgehead atoms. The molecule has 134 valence electrons. The normalized spacial score (nSPS) is 16.6. The van der Waals surface area contributed by atoms with Crippen molar-refractivity contribution in [2.75, 3.05) is 26.7 Å². The minimum Gasteiger partial charge on any atom is -0.338 e. The minimum atomic E-state index is 0. The van der Waals surface area contributed by atoms with Crippen LogP contribution >= 0.6 is 12.4 Å². The first-order chi connectivity index (χ1) is 11.1. The zero-order valence-electron chi connectivity index (χ0n) is 14.5. The molecule has 5 nitrogen and oxygen atoms in total. The number of hydrogen-bond donors (Lipinski definition) is 1. The van der Waals surface area contributed by atoms with Crippen LogP contribution in [0.1, 0.15) is 31.7 Å². The zero-order chi connectivity index (χ0) is 16.7. The first kappa shape index (κ1) is 20.5. The van der Waals surface area contributed by atoms with Crippen LogP contribution in [0.15, 0.2) is 30.3 Å². The molecule has 0 aliphatic carbocycles. The summed E-state index contributed by atoms with van der Waals surface area (Å²) in [6, 6.07) is 10.2. The molecule has 0 saturated carbocycles. The van der Waals surface area contributed by atoms with Gasteiger partial charge in [0.1, 0.15) is 0 Å². The number of rotatable bonds is 7. The molecule has 1 fully saturated rings. The van der Waals surface area contributed by atoms with Gasteiger partial charge in [-0.05, 0) is 25.5 Å². The Morgan fingerprint density at radius 1 is 1.29 bits per heavy atom. The molecule has 1 aromatic rings. The number of likely N-dealkylation sites (tertiary alicyclic amines) is 1. The number of hydrogen-bond acceptors (Lipinski definition) is 3. The van der Waals surface area contributed by atoms with E-state index in [1.807, 2.05) is 42.3 Å². The molecule has 1 atom stereocenters. The fraction of sp³-hybridized carbons (Fsp3) is 0.556. The fourth-order valence-corrected chi connectivity index (χ4v) is 3.14. The highest BCUT2D eigenvalue weighted by atomic mass is 35.5. The molecular weight excluding hydrogens is 326 g/mol. The Morgan fingerprint density at radius 3 is 2.62 bits per heavy atom. The molecule has 1 aliphatic rings. The van der Waals surface area contributed by atoms with Crippen LogP contribution in [0, 0.1) is 0 Å². The van der Waals surface area contributed by atoms with E-state index in [-0.39, 0.29) is 24.2 Å². The number of benzene rings is 1. The number of nitrogens with zero attached hydrogens (tertiary/aromatic N) is 2. The van der Waals surface area contributed by atoms with Crippen LogP contribution in [0.25, 0.3) is 0 Å². The first-order valence-corrected chi connectivity index (χ1v) is 8.35. The summed E-state index contributed by atoms with van der Waals surface area (Å²) in [6.45, 7) is 4.28. The Morgan fingerprint density at radius 2 is 2.00 bits per heavy atom. The number of carbonyl (C=O) groups excluding carboxylic acids is 2. The highest BCUT2D eigenvalue weighted by Crippen LogP contribution is 2.18. The summed E-state index contributed by atoms with van der Waals surface area (Å²) in [5.74, 6) is 0.164. The predicted molar refractivity (Wildman–Crippen MR) is 98.1 cm³/mol. The maximum absolute atomic E-state index is 12.5. The maximum Gasteiger partial charge on any atom is 0.224 e. The van der Waals surface area contributed by atoms with Gasteiger partial charge < -0.3 is 15.1 Å². The molecule has 2 amide bonds. The van der Waals surface area contributed by atoms with Gasteiger partial charge in [0, 0.05) is 45.6 Å². The molecule has 1 N–H and O–H groups in total. The monoisotopic (exact) mass is 353 g/mol. The molecule has 1 aromatic carbocycles. The van der Waals surface area contributed by atoms with Crippen LogP contribution in [0.4, 0.5) is 0 Å². The average Bonchev–Trinajstić information content (AvgIpc) is 3.00. The molecule has 0 aromatic heterocycles. The Balaban J connectivity index is 0.00000288. The maximum atomic E-state index is 12.5. The van der Waals surface area contributed by atoms with Crippen molar-refractivity contribution in [1.29, 1.82) is 0 Å². The van der Waals surface area contributed by atoms with Crippen LogP contribution in [0.3, 0.4) is 0 Å². The van der Waals surface area contributed by atoms with Crippen LogP contribution in [-0.4, -0.2) is 54.3 Å². The minimum absolute atomic E-state index is 0. The summed E-state index contributed by atoms with van der Waals surface area (Å²) in [5, 5.41) is 3.15. The van der Waals surface area contributed by atoms with Gasteiger partial charge in [-0.25, -0.2) is 0 Å². The Labute approximate surface area is 150 Å². The summed E-state index contributed by atoms with van der Waals surface area (Å²) in [7, 11) is 1.92. The number of likely N-dealkylation sites (N-methyl/N-ethyl adjacent to an activating group) is 1. The van der Waals surface area contributed by atoms with Gasteiger partial charge in [0.25, 0.3) is 0 Å². The van der Waals surface area contributed by atoms with E-state index in [0.29, 0.717) is 25.6 Å². The van der Waals surface area contributed by atoms with Gasteiger partial charge in [-0.15, -0.1) is 12.4 Å². The SMILES string of the molecule is CNCC1CCCN1C(=O)CCN(Cc1ccccc1)C(C)=O.Cl. The molecule has 1 aliphatic heterocycles. The molecule has 2 rings (SSSR count). The van der Waals surface area contributed by atoms with Gasteiger partial charge in [0.05, 0.1) is 0 Å². The quantitative estimate of drug-likeness (QED) is 0.816. The molecule has 24 heavy (non-hydrogen) atoms. The van der Waals surface area contributed by atoms with Gasteiger partial charge in [0.15, 0.2) is 0 Å². The summed E-state index contributed by atoms with van der Waals surface area (Å²) >= 11 is 0. The summed E-state index contributed by atoms with van der Waals surface area (Å²) in [5.41, 5.74) is 1.09. The van der Waals surface area contributed by atoms with Gasteiger partial charge in [0.2, 0.25) is 11.8 Å². The van der Waals surface area contributed by atoms with Crippen LogP contribution in [-0.2, 0) is 16.1 Å². The van der Waals surface area contributed by atoms with Crippen molar-refractivity contribution in [3.8, 4) is 0 Å². The third-order valence-electron chi connectivity index (χ3n) is 4.39. The third kappa shape index (κ3) is 5.80. The van der Waals surface area contributed by atoms with E-state index >= 15 is 0 Å². The van der Waals surface area contributed by atoms with Crippen molar-refractivity contribution in [3.05, 3.63) is 35.9 Å². The lowest BCUT2D eigenvalue weighted by atomic mass is 10.2. The molecule has 6 heteroatoms. The highest BCUT2D eigenvalue weighted by Gasteiger charge is 2.28. The topological polar surface area (TPSA) is 52.7 Å². The van der Waals surface area contributed by atoms with Crippen molar-refractivity contribution in [1.82, 2.24) is 15.1 Å². The van der Waals surface area contributed by atoms with Crippen LogP contribution < -0.4 is 5.32 Å². The molecule has 0 spiro atoms. The van der Waals surface area contributed by atoms with E-state index in [2.05, 4.69) is 5.32 Å². The van der Waals surface area contributed by atoms with E-state index in [1.165, 1.54) is 0 Å². The summed E-state index contributed by atoms with van der Waals surface area (Å²) in [6.07, 6.45) is 2.53. The second-order valence-electron chi connectivity index (χ2n) is 6.12. The number of nitrogens with one attached hydrogen (secondary N) is 1. The Kier molecular flexibility index (Phi) is 8.79. The Hall–Kier alpha value is -1.59. The lowest BCUT2D eigenvalue weighted by Crippen LogP contribution is -2.42. The van der Waals surface area contributed by atoms with Gasteiger partial charge in [-0.3, -0.25) is 9.59 Å². The van der Waals surface area contributed by atoms with E-state index in [1.54, 1.807) is 11.8 Å². The van der Waals surface area contributed by atoms with Crippen molar-refractivity contribution >= 4 is 24.2 Å². The standard InChI is InChI=1S/C18H27N3O2.ClH/c1-15(22)20(14-16-7-4-3-5-8-16)12-10-18(23)21-11-6-9-17(21)13-19-2;/h3-5,7-8,17,19H,6,9-14H2,1-2H3;1H.